The summed E-state index contributed by atoms with van der Waals surface area (Å²) in [5, 5.41) is 0. The number of likely N-dealkylation sites (N-methyl/N-ethyl adjacent to an activating group) is 1. The van der Waals surface area contributed by atoms with Crippen LogP contribution < -0.4 is 5.73 Å². The van der Waals surface area contributed by atoms with Crippen LogP contribution in [-0.4, -0.2) is 47.9 Å². The second-order valence-electron chi connectivity index (χ2n) is 6.09. The molecule has 1 saturated heterocycles. The number of anilines is 1. The van der Waals surface area contributed by atoms with Crippen molar-refractivity contribution >= 4 is 11.6 Å². The van der Waals surface area contributed by atoms with E-state index in [1.165, 1.54) is 5.56 Å². The minimum Gasteiger partial charge on any atom is -0.399 e. The number of nitrogens with zero attached hydrogens (tertiary/aromatic N) is 2. The molecule has 0 saturated carbocycles. The number of carbonyl (C=O) groups is 1. The van der Waals surface area contributed by atoms with Crippen LogP contribution in [0, 0.1) is 0 Å². The van der Waals surface area contributed by atoms with Gasteiger partial charge in [0.25, 0.3) is 0 Å². The highest BCUT2D eigenvalue weighted by Gasteiger charge is 2.26. The summed E-state index contributed by atoms with van der Waals surface area (Å²) in [6.07, 6.45) is 0.572. The van der Waals surface area contributed by atoms with Crippen molar-refractivity contribution in [1.29, 1.82) is 0 Å². The minimum absolute atomic E-state index is 0.234. The van der Waals surface area contributed by atoms with Gasteiger partial charge in [-0.3, -0.25) is 9.69 Å². The molecule has 1 aromatic rings. The van der Waals surface area contributed by atoms with E-state index in [1.54, 1.807) is 0 Å². The van der Waals surface area contributed by atoms with Crippen molar-refractivity contribution in [2.45, 2.75) is 39.2 Å². The lowest BCUT2D eigenvalue weighted by molar-refractivity contribution is -0.134. The first-order chi connectivity index (χ1) is 10.0. The summed E-state index contributed by atoms with van der Waals surface area (Å²) in [5.41, 5.74) is 7.65. The number of amides is 1. The SMILES string of the molecule is CCN1CCN(C(=O)CC(C)c2ccc(N)cc2)CC1C. The Morgan fingerprint density at radius 3 is 2.57 bits per heavy atom. The van der Waals surface area contributed by atoms with E-state index in [0.29, 0.717) is 12.5 Å². The molecule has 0 spiro atoms. The number of nitrogen functional groups attached to an aromatic ring is 1. The van der Waals surface area contributed by atoms with Gasteiger partial charge in [-0.1, -0.05) is 26.0 Å². The van der Waals surface area contributed by atoms with Gasteiger partial charge in [-0.05, 0) is 37.1 Å². The molecule has 0 aliphatic carbocycles. The molecular formula is C17H27N3O. The van der Waals surface area contributed by atoms with Gasteiger partial charge in [-0.15, -0.1) is 0 Å². The molecule has 1 aromatic carbocycles. The van der Waals surface area contributed by atoms with Crippen LogP contribution in [0.15, 0.2) is 24.3 Å². The monoisotopic (exact) mass is 289 g/mol. The molecule has 0 aromatic heterocycles. The molecule has 1 fully saturated rings. The fraction of sp³-hybridized carbons (Fsp3) is 0.588. The molecule has 2 rings (SSSR count). The summed E-state index contributed by atoms with van der Waals surface area (Å²) in [4.78, 5) is 16.9. The molecule has 116 valence electrons. The first kappa shape index (κ1) is 15.8. The maximum atomic E-state index is 12.5. The van der Waals surface area contributed by atoms with Crippen LogP contribution in [0.25, 0.3) is 0 Å². The molecule has 21 heavy (non-hydrogen) atoms. The Morgan fingerprint density at radius 1 is 1.33 bits per heavy atom. The first-order valence-electron chi connectivity index (χ1n) is 7.88. The molecule has 1 aliphatic heterocycles. The number of hydrogen-bond donors (Lipinski definition) is 1. The van der Waals surface area contributed by atoms with Gasteiger partial charge in [-0.25, -0.2) is 0 Å². The lowest BCUT2D eigenvalue weighted by Crippen LogP contribution is -2.53. The van der Waals surface area contributed by atoms with E-state index in [0.717, 1.165) is 31.9 Å². The van der Waals surface area contributed by atoms with Gasteiger partial charge in [0.2, 0.25) is 5.91 Å². The van der Waals surface area contributed by atoms with Crippen molar-refractivity contribution in [3.8, 4) is 0 Å². The summed E-state index contributed by atoms with van der Waals surface area (Å²) in [6, 6.07) is 8.30. The minimum atomic E-state index is 0.234. The molecule has 0 radical (unpaired) electrons. The van der Waals surface area contributed by atoms with Crippen LogP contribution in [0.3, 0.4) is 0 Å². The van der Waals surface area contributed by atoms with Gasteiger partial charge in [0, 0.05) is 37.8 Å². The lowest BCUT2D eigenvalue weighted by atomic mass is 9.96. The predicted octanol–water partition coefficient (Wildman–Crippen LogP) is 2.32. The highest BCUT2D eigenvalue weighted by Crippen LogP contribution is 2.22. The Morgan fingerprint density at radius 2 is 2.00 bits per heavy atom. The van der Waals surface area contributed by atoms with Gasteiger partial charge in [0.1, 0.15) is 0 Å². The van der Waals surface area contributed by atoms with E-state index in [9.17, 15) is 4.79 Å². The highest BCUT2D eigenvalue weighted by atomic mass is 16.2. The molecule has 4 nitrogen and oxygen atoms in total. The molecule has 1 amide bonds. The van der Waals surface area contributed by atoms with Crippen LogP contribution in [0.2, 0.25) is 0 Å². The fourth-order valence-electron chi connectivity index (χ4n) is 3.02. The Balaban J connectivity index is 1.91. The van der Waals surface area contributed by atoms with Gasteiger partial charge in [-0.2, -0.15) is 0 Å². The average molecular weight is 289 g/mol. The predicted molar refractivity (Wildman–Crippen MR) is 87.2 cm³/mol. The molecular weight excluding hydrogens is 262 g/mol. The van der Waals surface area contributed by atoms with Crippen LogP contribution in [0.5, 0.6) is 0 Å². The smallest absolute Gasteiger partial charge is 0.223 e. The van der Waals surface area contributed by atoms with Crippen molar-refractivity contribution < 1.29 is 4.79 Å². The average Bonchev–Trinajstić information content (AvgIpc) is 2.47. The van der Waals surface area contributed by atoms with Crippen molar-refractivity contribution in [2.24, 2.45) is 0 Å². The Bertz CT molecular complexity index is 471. The lowest BCUT2D eigenvalue weighted by Gasteiger charge is -2.39. The van der Waals surface area contributed by atoms with E-state index in [1.807, 2.05) is 29.2 Å². The van der Waals surface area contributed by atoms with Gasteiger partial charge in [0.05, 0.1) is 0 Å². The van der Waals surface area contributed by atoms with Crippen molar-refractivity contribution in [1.82, 2.24) is 9.80 Å². The molecule has 1 aliphatic rings. The zero-order chi connectivity index (χ0) is 15.4. The Labute approximate surface area is 127 Å². The molecule has 0 bridgehead atoms. The summed E-state index contributed by atoms with van der Waals surface area (Å²) in [5.74, 6) is 0.500. The summed E-state index contributed by atoms with van der Waals surface area (Å²) >= 11 is 0. The zero-order valence-corrected chi connectivity index (χ0v) is 13.4. The topological polar surface area (TPSA) is 49.6 Å². The first-order valence-corrected chi connectivity index (χ1v) is 7.88. The van der Waals surface area contributed by atoms with Crippen LogP contribution in [0.4, 0.5) is 5.69 Å². The maximum Gasteiger partial charge on any atom is 0.223 e. The fourth-order valence-corrected chi connectivity index (χ4v) is 3.02. The number of nitrogens with two attached hydrogens (primary N) is 1. The number of piperazine rings is 1. The maximum absolute atomic E-state index is 12.5. The third kappa shape index (κ3) is 3.97. The highest BCUT2D eigenvalue weighted by molar-refractivity contribution is 5.77. The van der Waals surface area contributed by atoms with E-state index < -0.39 is 0 Å². The van der Waals surface area contributed by atoms with Gasteiger partial charge >= 0.3 is 0 Å². The van der Waals surface area contributed by atoms with Crippen molar-refractivity contribution in [3.63, 3.8) is 0 Å². The third-order valence-corrected chi connectivity index (χ3v) is 4.51. The second kappa shape index (κ2) is 6.94. The third-order valence-electron chi connectivity index (χ3n) is 4.51. The van der Waals surface area contributed by atoms with E-state index in [2.05, 4.69) is 25.7 Å². The normalized spacial score (nSPS) is 21.3. The Kier molecular flexibility index (Phi) is 5.23. The van der Waals surface area contributed by atoms with Crippen LogP contribution >= 0.6 is 0 Å². The van der Waals surface area contributed by atoms with Gasteiger partial charge in [0.15, 0.2) is 0 Å². The Hall–Kier alpha value is -1.55. The van der Waals surface area contributed by atoms with Crippen molar-refractivity contribution in [2.75, 3.05) is 31.9 Å². The number of carbonyl (C=O) groups excluding carboxylic acids is 1. The van der Waals surface area contributed by atoms with Crippen molar-refractivity contribution in [3.05, 3.63) is 29.8 Å². The number of rotatable bonds is 4. The van der Waals surface area contributed by atoms with E-state index in [-0.39, 0.29) is 11.8 Å². The van der Waals surface area contributed by atoms with Crippen LogP contribution in [-0.2, 0) is 4.79 Å². The summed E-state index contributed by atoms with van der Waals surface area (Å²) < 4.78 is 0. The molecule has 2 N–H and O–H groups in total. The summed E-state index contributed by atoms with van der Waals surface area (Å²) in [7, 11) is 0. The standard InChI is InChI=1S/C17H27N3O/c1-4-19-9-10-20(12-14(19)3)17(21)11-13(2)15-5-7-16(18)8-6-15/h5-8,13-14H,4,9-12,18H2,1-3H3. The molecule has 2 unspecified atom stereocenters. The quantitative estimate of drug-likeness (QED) is 0.865. The van der Waals surface area contributed by atoms with Gasteiger partial charge < -0.3 is 10.6 Å². The van der Waals surface area contributed by atoms with E-state index >= 15 is 0 Å². The molecule has 4 heteroatoms. The van der Waals surface area contributed by atoms with Crippen LogP contribution in [0.1, 0.15) is 38.7 Å². The second-order valence-corrected chi connectivity index (χ2v) is 6.09. The van der Waals surface area contributed by atoms with E-state index in [4.69, 9.17) is 5.73 Å². The summed E-state index contributed by atoms with van der Waals surface area (Å²) in [6.45, 7) is 10.2. The largest absolute Gasteiger partial charge is 0.399 e. The zero-order valence-electron chi connectivity index (χ0n) is 13.4. The molecule has 1 heterocycles. The molecule has 2 atom stereocenters. The number of benzene rings is 1. The number of hydrogen-bond acceptors (Lipinski definition) is 3.